The van der Waals surface area contributed by atoms with Gasteiger partial charge in [0.15, 0.2) is 0 Å². The van der Waals surface area contributed by atoms with Crippen LogP contribution in [0.15, 0.2) is 30.3 Å². The first kappa shape index (κ1) is 15.4. The lowest BCUT2D eigenvalue weighted by molar-refractivity contribution is 0.326. The highest BCUT2D eigenvalue weighted by molar-refractivity contribution is 7.99. The Kier molecular flexibility index (Phi) is 5.61. The molecule has 3 rings (SSSR count). The second kappa shape index (κ2) is 7.66. The van der Waals surface area contributed by atoms with Crippen molar-refractivity contribution in [3.05, 3.63) is 35.9 Å². The minimum Gasteiger partial charge on any atom is -0.309 e. The number of hydrogen-bond acceptors (Lipinski definition) is 3. The fourth-order valence-corrected chi connectivity index (χ4v) is 4.75. The third-order valence-corrected chi connectivity index (χ3v) is 6.21. The summed E-state index contributed by atoms with van der Waals surface area (Å²) in [5, 5.41) is 4.79. The molecule has 3 atom stereocenters. The summed E-state index contributed by atoms with van der Waals surface area (Å²) in [6.07, 6.45) is 8.98. The summed E-state index contributed by atoms with van der Waals surface area (Å²) < 4.78 is 0. The molecule has 1 saturated carbocycles. The van der Waals surface area contributed by atoms with Gasteiger partial charge >= 0.3 is 0 Å². The number of likely N-dealkylation sites (tertiary alicyclic amines) is 1. The minimum atomic E-state index is 0.721. The highest BCUT2D eigenvalue weighted by Gasteiger charge is 2.30. The molecular formula is C18H28N2S. The van der Waals surface area contributed by atoms with E-state index in [9.17, 15) is 0 Å². The SMILES string of the molecule is CSC1CCCC1NC1CCN(CCc2ccccc2)C1. The molecule has 116 valence electrons. The number of thioether (sulfide) groups is 1. The molecule has 1 saturated heterocycles. The largest absolute Gasteiger partial charge is 0.309 e. The van der Waals surface area contributed by atoms with Crippen molar-refractivity contribution in [1.29, 1.82) is 0 Å². The van der Waals surface area contributed by atoms with Crippen molar-refractivity contribution >= 4 is 11.8 Å². The zero-order chi connectivity index (χ0) is 14.5. The van der Waals surface area contributed by atoms with Gasteiger partial charge in [0.05, 0.1) is 0 Å². The van der Waals surface area contributed by atoms with Crippen molar-refractivity contribution in [2.75, 3.05) is 25.9 Å². The van der Waals surface area contributed by atoms with Gasteiger partial charge in [0.2, 0.25) is 0 Å². The predicted molar refractivity (Wildman–Crippen MR) is 93.1 cm³/mol. The molecule has 1 heterocycles. The molecule has 1 aliphatic carbocycles. The third kappa shape index (κ3) is 4.24. The van der Waals surface area contributed by atoms with E-state index in [1.807, 2.05) is 0 Å². The maximum absolute atomic E-state index is 3.94. The average Bonchev–Trinajstić information content (AvgIpc) is 3.16. The summed E-state index contributed by atoms with van der Waals surface area (Å²) in [6.45, 7) is 3.71. The van der Waals surface area contributed by atoms with Crippen LogP contribution >= 0.6 is 11.8 Å². The van der Waals surface area contributed by atoms with E-state index in [1.165, 1.54) is 57.3 Å². The molecule has 2 fully saturated rings. The Morgan fingerprint density at radius 1 is 1.19 bits per heavy atom. The van der Waals surface area contributed by atoms with E-state index in [4.69, 9.17) is 0 Å². The number of nitrogens with zero attached hydrogens (tertiary/aromatic N) is 1. The van der Waals surface area contributed by atoms with Gasteiger partial charge in [0, 0.05) is 30.4 Å². The van der Waals surface area contributed by atoms with Crippen LogP contribution in [0.2, 0.25) is 0 Å². The van der Waals surface area contributed by atoms with Gasteiger partial charge in [0.1, 0.15) is 0 Å². The molecule has 1 aliphatic heterocycles. The lowest BCUT2D eigenvalue weighted by Gasteiger charge is -2.24. The van der Waals surface area contributed by atoms with E-state index in [-0.39, 0.29) is 0 Å². The van der Waals surface area contributed by atoms with E-state index < -0.39 is 0 Å². The lowest BCUT2D eigenvalue weighted by Crippen LogP contribution is -2.43. The van der Waals surface area contributed by atoms with Gasteiger partial charge in [0.25, 0.3) is 0 Å². The summed E-state index contributed by atoms with van der Waals surface area (Å²) in [5.41, 5.74) is 1.46. The number of nitrogens with one attached hydrogen (secondary N) is 1. The van der Waals surface area contributed by atoms with Crippen molar-refractivity contribution in [3.63, 3.8) is 0 Å². The Morgan fingerprint density at radius 2 is 2.05 bits per heavy atom. The molecule has 0 aromatic heterocycles. The molecule has 0 bridgehead atoms. The zero-order valence-electron chi connectivity index (χ0n) is 13.1. The summed E-state index contributed by atoms with van der Waals surface area (Å²) in [6, 6.07) is 12.4. The highest BCUT2D eigenvalue weighted by Crippen LogP contribution is 2.29. The normalized spacial score (nSPS) is 30.0. The molecular weight excluding hydrogens is 276 g/mol. The zero-order valence-corrected chi connectivity index (χ0v) is 13.9. The molecule has 1 aromatic rings. The summed E-state index contributed by atoms with van der Waals surface area (Å²) in [7, 11) is 0. The van der Waals surface area contributed by atoms with Crippen LogP contribution in [0.3, 0.4) is 0 Å². The van der Waals surface area contributed by atoms with Gasteiger partial charge in [-0.25, -0.2) is 0 Å². The smallest absolute Gasteiger partial charge is 0.0210 e. The number of hydrogen-bond donors (Lipinski definition) is 1. The van der Waals surface area contributed by atoms with Crippen LogP contribution in [0.1, 0.15) is 31.2 Å². The standard InChI is InChI=1S/C18H28N2S/c1-21-18-9-5-8-17(18)19-16-11-13-20(14-16)12-10-15-6-3-2-4-7-15/h2-4,6-7,16-19H,5,8-14H2,1H3. The van der Waals surface area contributed by atoms with Crippen molar-refractivity contribution < 1.29 is 0 Å². The average molecular weight is 305 g/mol. The van der Waals surface area contributed by atoms with Crippen LogP contribution in [0.5, 0.6) is 0 Å². The second-order valence-corrected chi connectivity index (χ2v) is 7.58. The first-order valence-electron chi connectivity index (χ1n) is 8.40. The van der Waals surface area contributed by atoms with Crippen LogP contribution in [0.25, 0.3) is 0 Å². The second-order valence-electron chi connectivity index (χ2n) is 6.50. The molecule has 21 heavy (non-hydrogen) atoms. The first-order chi connectivity index (χ1) is 10.3. The van der Waals surface area contributed by atoms with E-state index in [2.05, 4.69) is 58.6 Å². The highest BCUT2D eigenvalue weighted by atomic mass is 32.2. The minimum absolute atomic E-state index is 0.721. The van der Waals surface area contributed by atoms with Crippen LogP contribution in [0.4, 0.5) is 0 Å². The fourth-order valence-electron chi connectivity index (χ4n) is 3.81. The maximum atomic E-state index is 3.94. The van der Waals surface area contributed by atoms with Crippen LogP contribution in [0, 0.1) is 0 Å². The lowest BCUT2D eigenvalue weighted by atomic mass is 10.1. The van der Waals surface area contributed by atoms with Gasteiger partial charge < -0.3 is 10.2 Å². The quantitative estimate of drug-likeness (QED) is 0.869. The molecule has 2 aliphatic rings. The van der Waals surface area contributed by atoms with Gasteiger partial charge in [-0.15, -0.1) is 0 Å². The van der Waals surface area contributed by atoms with Crippen molar-refractivity contribution in [2.24, 2.45) is 0 Å². The van der Waals surface area contributed by atoms with Crippen LogP contribution < -0.4 is 5.32 Å². The Labute approximate surface area is 133 Å². The molecule has 0 amide bonds. The summed E-state index contributed by atoms with van der Waals surface area (Å²) in [5.74, 6) is 0. The predicted octanol–water partition coefficient (Wildman–Crippen LogP) is 3.18. The summed E-state index contributed by atoms with van der Waals surface area (Å²) >= 11 is 2.06. The topological polar surface area (TPSA) is 15.3 Å². The maximum Gasteiger partial charge on any atom is 0.0210 e. The Balaban J connectivity index is 1.41. The Morgan fingerprint density at radius 3 is 2.86 bits per heavy atom. The molecule has 3 heteroatoms. The van der Waals surface area contributed by atoms with Crippen molar-refractivity contribution in [1.82, 2.24) is 10.2 Å². The summed E-state index contributed by atoms with van der Waals surface area (Å²) in [4.78, 5) is 2.63. The van der Waals surface area contributed by atoms with Gasteiger partial charge in [-0.1, -0.05) is 36.8 Å². The number of benzene rings is 1. The van der Waals surface area contributed by atoms with Crippen LogP contribution in [-0.4, -0.2) is 48.1 Å². The van der Waals surface area contributed by atoms with E-state index in [1.54, 1.807) is 0 Å². The third-order valence-electron chi connectivity index (χ3n) is 5.04. The molecule has 3 unspecified atom stereocenters. The van der Waals surface area contributed by atoms with Gasteiger partial charge in [-0.3, -0.25) is 0 Å². The van der Waals surface area contributed by atoms with Crippen molar-refractivity contribution in [2.45, 2.75) is 49.4 Å². The van der Waals surface area contributed by atoms with E-state index in [0.29, 0.717) is 0 Å². The Bertz CT molecular complexity index is 422. The molecule has 0 spiro atoms. The van der Waals surface area contributed by atoms with Gasteiger partial charge in [-0.05, 0) is 44.0 Å². The fraction of sp³-hybridized carbons (Fsp3) is 0.667. The van der Waals surface area contributed by atoms with Crippen LogP contribution in [-0.2, 0) is 6.42 Å². The first-order valence-corrected chi connectivity index (χ1v) is 9.69. The van der Waals surface area contributed by atoms with E-state index in [0.717, 1.165) is 17.3 Å². The number of rotatable bonds is 6. The van der Waals surface area contributed by atoms with E-state index >= 15 is 0 Å². The van der Waals surface area contributed by atoms with Crippen molar-refractivity contribution in [3.8, 4) is 0 Å². The molecule has 2 nitrogen and oxygen atoms in total. The molecule has 0 radical (unpaired) electrons. The monoisotopic (exact) mass is 304 g/mol. The molecule has 1 aromatic carbocycles. The van der Waals surface area contributed by atoms with Gasteiger partial charge in [-0.2, -0.15) is 11.8 Å². The molecule has 1 N–H and O–H groups in total. The Hall–Kier alpha value is -0.510.